The summed E-state index contributed by atoms with van der Waals surface area (Å²) >= 11 is 1.70. The molecule has 0 fully saturated rings. The molecule has 0 atom stereocenters. The summed E-state index contributed by atoms with van der Waals surface area (Å²) in [7, 11) is 0. The number of thiazole rings is 1. The van der Waals surface area contributed by atoms with Crippen molar-refractivity contribution in [3.8, 4) is 5.75 Å². The number of aromatic nitrogens is 1. The van der Waals surface area contributed by atoms with Gasteiger partial charge >= 0.3 is 0 Å². The number of hydrogen-bond acceptors (Lipinski definition) is 4. The first-order valence-electron chi connectivity index (χ1n) is 9.17. The monoisotopic (exact) mass is 380 g/mol. The number of carbonyl (C=O) groups is 1. The van der Waals surface area contributed by atoms with Crippen LogP contribution in [0.4, 0.5) is 0 Å². The lowest BCUT2D eigenvalue weighted by atomic mass is 10.2. The van der Waals surface area contributed by atoms with Gasteiger partial charge in [0, 0.05) is 23.2 Å². The lowest BCUT2D eigenvalue weighted by molar-refractivity contribution is 0.0953. The molecule has 0 saturated heterocycles. The van der Waals surface area contributed by atoms with Gasteiger partial charge in [0.2, 0.25) is 0 Å². The molecule has 3 aromatic rings. The highest BCUT2D eigenvalue weighted by atomic mass is 32.1. The second kappa shape index (κ2) is 9.88. The molecular weight excluding hydrogens is 356 g/mol. The Labute approximate surface area is 164 Å². The highest BCUT2D eigenvalue weighted by Gasteiger charge is 2.05. The van der Waals surface area contributed by atoms with Crippen LogP contribution in [-0.2, 0) is 13.0 Å². The normalized spacial score (nSPS) is 10.6. The summed E-state index contributed by atoms with van der Waals surface area (Å²) in [5.41, 5.74) is 2.85. The van der Waals surface area contributed by atoms with E-state index in [1.165, 1.54) is 5.01 Å². The summed E-state index contributed by atoms with van der Waals surface area (Å²) in [4.78, 5) is 16.7. The van der Waals surface area contributed by atoms with E-state index in [0.29, 0.717) is 18.7 Å². The van der Waals surface area contributed by atoms with Crippen molar-refractivity contribution in [2.24, 2.45) is 0 Å². The maximum atomic E-state index is 12.2. The summed E-state index contributed by atoms with van der Waals surface area (Å²) in [6.45, 7) is 3.21. The van der Waals surface area contributed by atoms with Crippen LogP contribution < -0.4 is 10.1 Å². The van der Waals surface area contributed by atoms with Gasteiger partial charge in [-0.05, 0) is 56.0 Å². The van der Waals surface area contributed by atoms with Gasteiger partial charge in [0.05, 0.1) is 5.01 Å². The molecule has 0 radical (unpaired) electrons. The molecule has 27 heavy (non-hydrogen) atoms. The smallest absolute Gasteiger partial charge is 0.251 e. The minimum Gasteiger partial charge on any atom is -0.489 e. The summed E-state index contributed by atoms with van der Waals surface area (Å²) in [6, 6.07) is 17.3. The maximum absolute atomic E-state index is 12.2. The highest BCUT2D eigenvalue weighted by molar-refractivity contribution is 7.09. The minimum absolute atomic E-state index is 0.0466. The van der Waals surface area contributed by atoms with Gasteiger partial charge in [0.25, 0.3) is 5.91 Å². The van der Waals surface area contributed by atoms with E-state index >= 15 is 0 Å². The number of amides is 1. The van der Waals surface area contributed by atoms with Crippen LogP contribution in [0, 0.1) is 6.92 Å². The Balaban J connectivity index is 1.37. The van der Waals surface area contributed by atoms with Crippen LogP contribution in [-0.4, -0.2) is 17.4 Å². The van der Waals surface area contributed by atoms with Crippen molar-refractivity contribution in [3.05, 3.63) is 81.8 Å². The first-order chi connectivity index (χ1) is 13.2. The van der Waals surface area contributed by atoms with E-state index in [-0.39, 0.29) is 5.91 Å². The van der Waals surface area contributed by atoms with Crippen LogP contribution in [0.1, 0.15) is 39.5 Å². The van der Waals surface area contributed by atoms with Gasteiger partial charge in [-0.25, -0.2) is 4.98 Å². The Bertz CT molecular complexity index is 844. The molecule has 0 unspecified atom stereocenters. The third-order valence-corrected chi connectivity index (χ3v) is 5.16. The molecule has 4 nitrogen and oxygen atoms in total. The highest BCUT2D eigenvalue weighted by Crippen LogP contribution is 2.15. The van der Waals surface area contributed by atoms with Crippen LogP contribution in [0.2, 0.25) is 0 Å². The van der Waals surface area contributed by atoms with Crippen molar-refractivity contribution < 1.29 is 9.53 Å². The van der Waals surface area contributed by atoms with Crippen molar-refractivity contribution in [2.45, 2.75) is 32.8 Å². The number of aryl methyl sites for hydroxylation is 2. The minimum atomic E-state index is -0.0466. The number of nitrogens with one attached hydrogen (secondary N) is 1. The van der Waals surface area contributed by atoms with Gasteiger partial charge in [-0.2, -0.15) is 0 Å². The zero-order valence-corrected chi connectivity index (χ0v) is 16.3. The average Bonchev–Trinajstić information content (AvgIpc) is 3.12. The topological polar surface area (TPSA) is 51.2 Å². The lowest BCUT2D eigenvalue weighted by Crippen LogP contribution is -2.24. The molecule has 2 aromatic carbocycles. The quantitative estimate of drug-likeness (QED) is 0.543. The molecule has 0 bridgehead atoms. The van der Waals surface area contributed by atoms with Gasteiger partial charge in [0.1, 0.15) is 12.4 Å². The van der Waals surface area contributed by atoms with E-state index in [0.717, 1.165) is 36.3 Å². The molecule has 0 spiro atoms. The molecule has 0 aliphatic carbocycles. The summed E-state index contributed by atoms with van der Waals surface area (Å²) in [6.07, 6.45) is 2.95. The Morgan fingerprint density at radius 2 is 1.85 bits per heavy atom. The van der Waals surface area contributed by atoms with E-state index < -0.39 is 0 Å². The molecule has 0 saturated carbocycles. The second-order valence-corrected chi connectivity index (χ2v) is 7.34. The largest absolute Gasteiger partial charge is 0.489 e. The Morgan fingerprint density at radius 3 is 2.56 bits per heavy atom. The Hall–Kier alpha value is -2.66. The molecule has 140 valence electrons. The molecule has 1 aromatic heterocycles. The fourth-order valence-corrected chi connectivity index (χ4v) is 3.48. The van der Waals surface area contributed by atoms with Crippen LogP contribution in [0.5, 0.6) is 5.75 Å². The van der Waals surface area contributed by atoms with Gasteiger partial charge in [0.15, 0.2) is 0 Å². The molecule has 1 heterocycles. The van der Waals surface area contributed by atoms with Crippen molar-refractivity contribution in [2.75, 3.05) is 6.54 Å². The van der Waals surface area contributed by atoms with E-state index in [2.05, 4.69) is 15.7 Å². The average molecular weight is 381 g/mol. The van der Waals surface area contributed by atoms with Crippen molar-refractivity contribution in [1.82, 2.24) is 10.3 Å². The fourth-order valence-electron chi connectivity index (χ4n) is 2.67. The van der Waals surface area contributed by atoms with E-state index in [1.54, 1.807) is 23.5 Å². The number of hydrogen-bond donors (Lipinski definition) is 1. The number of unbranched alkanes of at least 4 members (excludes halogenated alkanes) is 1. The van der Waals surface area contributed by atoms with Crippen LogP contribution in [0.25, 0.3) is 0 Å². The van der Waals surface area contributed by atoms with Gasteiger partial charge in [-0.3, -0.25) is 4.79 Å². The second-order valence-electron chi connectivity index (χ2n) is 6.39. The zero-order valence-electron chi connectivity index (χ0n) is 15.5. The standard InChI is InChI=1S/C22H24N2O2S/c1-17-16-27-21(24-17)9-5-6-14-23-22(25)19-10-12-20(13-11-19)26-15-18-7-3-2-4-8-18/h2-4,7-8,10-13,16H,5-6,9,14-15H2,1H3,(H,23,25). The Morgan fingerprint density at radius 1 is 1.07 bits per heavy atom. The molecular formula is C22H24N2O2S. The Kier molecular flexibility index (Phi) is 6.99. The van der Waals surface area contributed by atoms with E-state index in [4.69, 9.17) is 4.74 Å². The lowest BCUT2D eigenvalue weighted by Gasteiger charge is -2.08. The fraction of sp³-hybridized carbons (Fsp3) is 0.273. The summed E-state index contributed by atoms with van der Waals surface area (Å²) in [5, 5.41) is 6.22. The van der Waals surface area contributed by atoms with Crippen LogP contribution in [0.15, 0.2) is 60.0 Å². The molecule has 1 amide bonds. The van der Waals surface area contributed by atoms with Crippen LogP contribution in [0.3, 0.4) is 0 Å². The molecule has 0 aliphatic rings. The van der Waals surface area contributed by atoms with E-state index in [9.17, 15) is 4.79 Å². The maximum Gasteiger partial charge on any atom is 0.251 e. The molecule has 0 aliphatic heterocycles. The molecule has 5 heteroatoms. The number of nitrogens with zero attached hydrogens (tertiary/aromatic N) is 1. The first kappa shape index (κ1) is 19.1. The number of rotatable bonds is 9. The molecule has 1 N–H and O–H groups in total. The predicted octanol–water partition coefficient (Wildman–Crippen LogP) is 4.78. The number of benzene rings is 2. The zero-order chi connectivity index (χ0) is 18.9. The summed E-state index contributed by atoms with van der Waals surface area (Å²) in [5.74, 6) is 0.712. The van der Waals surface area contributed by atoms with E-state index in [1.807, 2.05) is 49.4 Å². The van der Waals surface area contributed by atoms with Gasteiger partial charge in [-0.15, -0.1) is 11.3 Å². The predicted molar refractivity (Wildman–Crippen MR) is 109 cm³/mol. The number of ether oxygens (including phenoxy) is 1. The third-order valence-electron chi connectivity index (χ3n) is 4.13. The van der Waals surface area contributed by atoms with Crippen molar-refractivity contribution in [1.29, 1.82) is 0 Å². The van der Waals surface area contributed by atoms with Crippen LogP contribution >= 0.6 is 11.3 Å². The van der Waals surface area contributed by atoms with Crippen molar-refractivity contribution in [3.63, 3.8) is 0 Å². The van der Waals surface area contributed by atoms with Crippen molar-refractivity contribution >= 4 is 17.2 Å². The summed E-state index contributed by atoms with van der Waals surface area (Å²) < 4.78 is 5.75. The van der Waals surface area contributed by atoms with Gasteiger partial charge in [-0.1, -0.05) is 30.3 Å². The SMILES string of the molecule is Cc1csc(CCCCNC(=O)c2ccc(OCc3ccccc3)cc2)n1. The molecule has 3 rings (SSSR count). The number of carbonyl (C=O) groups excluding carboxylic acids is 1. The third kappa shape index (κ3) is 6.22. The first-order valence-corrected chi connectivity index (χ1v) is 10.0. The van der Waals surface area contributed by atoms with Gasteiger partial charge < -0.3 is 10.1 Å².